The Balaban J connectivity index is 1.58. The Morgan fingerprint density at radius 1 is 1.26 bits per heavy atom. The Bertz CT molecular complexity index is 595. The molecule has 1 aliphatic heterocycles. The van der Waals surface area contributed by atoms with Crippen LogP contribution in [0.1, 0.15) is 17.5 Å². The van der Waals surface area contributed by atoms with Crippen LogP contribution in [0.4, 0.5) is 0 Å². The fourth-order valence-corrected chi connectivity index (χ4v) is 2.93. The number of nitrogens with zero attached hydrogens (tertiary/aromatic N) is 4. The quantitative estimate of drug-likeness (QED) is 0.776. The summed E-state index contributed by atoms with van der Waals surface area (Å²) in [6.07, 6.45) is 5.52. The molecule has 23 heavy (non-hydrogen) atoms. The van der Waals surface area contributed by atoms with E-state index in [1.54, 1.807) is 19.8 Å². The van der Waals surface area contributed by atoms with E-state index < -0.39 is 0 Å². The topological polar surface area (TPSA) is 52.4 Å². The molecular weight excluding hydrogens is 292 g/mol. The van der Waals surface area contributed by atoms with Crippen LogP contribution in [0.25, 0.3) is 0 Å². The fourth-order valence-electron chi connectivity index (χ4n) is 2.93. The number of morpholine rings is 1. The minimum atomic E-state index is 0.681. The van der Waals surface area contributed by atoms with E-state index >= 15 is 0 Å². The van der Waals surface area contributed by atoms with Crippen molar-refractivity contribution < 1.29 is 9.47 Å². The van der Waals surface area contributed by atoms with E-state index in [1.165, 1.54) is 5.56 Å². The van der Waals surface area contributed by atoms with Gasteiger partial charge in [-0.1, -0.05) is 12.1 Å². The smallest absolute Gasteiger partial charge is 0.137 e. The summed E-state index contributed by atoms with van der Waals surface area (Å²) >= 11 is 0. The molecule has 0 aliphatic carbocycles. The van der Waals surface area contributed by atoms with Crippen LogP contribution in [0, 0.1) is 0 Å². The van der Waals surface area contributed by atoms with Crippen LogP contribution >= 0.6 is 0 Å². The first-order valence-electron chi connectivity index (χ1n) is 8.13. The third-order valence-corrected chi connectivity index (χ3v) is 4.19. The van der Waals surface area contributed by atoms with Crippen molar-refractivity contribution in [1.29, 1.82) is 0 Å². The molecule has 1 fully saturated rings. The molecule has 2 aromatic rings. The van der Waals surface area contributed by atoms with Gasteiger partial charge in [0.25, 0.3) is 0 Å². The summed E-state index contributed by atoms with van der Waals surface area (Å²) in [4.78, 5) is 6.47. The van der Waals surface area contributed by atoms with E-state index in [4.69, 9.17) is 9.47 Å². The Hall–Kier alpha value is -1.92. The molecule has 0 N–H and O–H groups in total. The van der Waals surface area contributed by atoms with Gasteiger partial charge in [-0.3, -0.25) is 4.90 Å². The molecule has 3 rings (SSSR count). The Morgan fingerprint density at radius 3 is 2.87 bits per heavy atom. The lowest BCUT2D eigenvalue weighted by atomic mass is 10.0. The number of aromatic nitrogens is 3. The zero-order chi connectivity index (χ0) is 15.9. The second kappa shape index (κ2) is 8.08. The highest BCUT2D eigenvalue weighted by Crippen LogP contribution is 2.21. The third-order valence-electron chi connectivity index (χ3n) is 4.19. The molecule has 6 nitrogen and oxygen atoms in total. The standard InChI is InChI=1S/C17H24N4O2/c1-22-17-5-4-15(3-2-6-20-7-9-23-10-8-20)11-16(17)12-21-14-18-13-19-21/h4-5,11,13-14H,2-3,6-10,12H2,1H3. The van der Waals surface area contributed by atoms with Gasteiger partial charge in [0.1, 0.15) is 18.4 Å². The van der Waals surface area contributed by atoms with Gasteiger partial charge in [-0.05, 0) is 31.0 Å². The average molecular weight is 316 g/mol. The number of benzene rings is 1. The summed E-state index contributed by atoms with van der Waals surface area (Å²) in [5.41, 5.74) is 2.48. The van der Waals surface area contributed by atoms with Crippen molar-refractivity contribution in [3.05, 3.63) is 42.0 Å². The lowest BCUT2D eigenvalue weighted by molar-refractivity contribution is 0.0374. The fraction of sp³-hybridized carbons (Fsp3) is 0.529. The van der Waals surface area contributed by atoms with Crippen molar-refractivity contribution in [3.8, 4) is 5.75 Å². The maximum atomic E-state index is 5.47. The van der Waals surface area contributed by atoms with E-state index in [1.807, 2.05) is 4.68 Å². The average Bonchev–Trinajstić information content (AvgIpc) is 3.09. The van der Waals surface area contributed by atoms with Crippen LogP contribution in [-0.2, 0) is 17.7 Å². The van der Waals surface area contributed by atoms with Crippen LogP contribution in [0.5, 0.6) is 5.75 Å². The number of hydrogen-bond donors (Lipinski definition) is 0. The van der Waals surface area contributed by atoms with Gasteiger partial charge in [0, 0.05) is 18.7 Å². The first-order chi connectivity index (χ1) is 11.3. The molecule has 0 spiro atoms. The van der Waals surface area contributed by atoms with Crippen LogP contribution in [0.15, 0.2) is 30.9 Å². The van der Waals surface area contributed by atoms with Crippen molar-refractivity contribution in [2.24, 2.45) is 0 Å². The van der Waals surface area contributed by atoms with Crippen molar-refractivity contribution in [2.45, 2.75) is 19.4 Å². The monoisotopic (exact) mass is 316 g/mol. The molecule has 1 saturated heterocycles. The van der Waals surface area contributed by atoms with Gasteiger partial charge in [-0.25, -0.2) is 9.67 Å². The van der Waals surface area contributed by atoms with Gasteiger partial charge >= 0.3 is 0 Å². The molecule has 0 atom stereocenters. The summed E-state index contributed by atoms with van der Waals surface area (Å²) in [7, 11) is 1.71. The summed E-state index contributed by atoms with van der Waals surface area (Å²) in [6, 6.07) is 6.43. The lowest BCUT2D eigenvalue weighted by Crippen LogP contribution is -2.36. The molecule has 6 heteroatoms. The molecular formula is C17H24N4O2. The summed E-state index contributed by atoms with van der Waals surface area (Å²) in [6.45, 7) is 5.66. The summed E-state index contributed by atoms with van der Waals surface area (Å²) < 4.78 is 12.7. The summed E-state index contributed by atoms with van der Waals surface area (Å²) in [5.74, 6) is 0.900. The van der Waals surface area contributed by atoms with Gasteiger partial charge in [0.15, 0.2) is 0 Å². The van der Waals surface area contributed by atoms with E-state index in [0.29, 0.717) is 6.54 Å². The number of methoxy groups -OCH3 is 1. The van der Waals surface area contributed by atoms with Gasteiger partial charge < -0.3 is 9.47 Å². The highest BCUT2D eigenvalue weighted by atomic mass is 16.5. The largest absolute Gasteiger partial charge is 0.496 e. The van der Waals surface area contributed by atoms with Gasteiger partial charge in [-0.2, -0.15) is 5.10 Å². The highest BCUT2D eigenvalue weighted by molar-refractivity contribution is 5.37. The molecule has 0 unspecified atom stereocenters. The van der Waals surface area contributed by atoms with Crippen LogP contribution in [0.2, 0.25) is 0 Å². The van der Waals surface area contributed by atoms with E-state index in [2.05, 4.69) is 33.2 Å². The molecule has 0 bridgehead atoms. The molecule has 0 radical (unpaired) electrons. The molecule has 1 aliphatic rings. The molecule has 1 aromatic carbocycles. The molecule has 124 valence electrons. The Labute approximate surface area is 137 Å². The van der Waals surface area contributed by atoms with Crippen molar-refractivity contribution >= 4 is 0 Å². The second-order valence-electron chi connectivity index (χ2n) is 5.80. The predicted octanol–water partition coefficient (Wildman–Crippen LogP) is 1.60. The first-order valence-corrected chi connectivity index (χ1v) is 8.13. The van der Waals surface area contributed by atoms with E-state index in [0.717, 1.165) is 57.0 Å². The third kappa shape index (κ3) is 4.53. The van der Waals surface area contributed by atoms with E-state index in [-0.39, 0.29) is 0 Å². The normalized spacial score (nSPS) is 15.7. The number of aryl methyl sites for hydroxylation is 1. The maximum absolute atomic E-state index is 5.47. The van der Waals surface area contributed by atoms with Gasteiger partial charge in [0.2, 0.25) is 0 Å². The number of rotatable bonds is 7. The van der Waals surface area contributed by atoms with Gasteiger partial charge in [0.05, 0.1) is 26.9 Å². The minimum Gasteiger partial charge on any atom is -0.496 e. The van der Waals surface area contributed by atoms with Crippen LogP contribution in [-0.4, -0.2) is 59.6 Å². The van der Waals surface area contributed by atoms with Crippen molar-refractivity contribution in [1.82, 2.24) is 19.7 Å². The first kappa shape index (κ1) is 16.0. The number of ether oxygens (including phenoxy) is 2. The molecule has 1 aromatic heterocycles. The summed E-state index contributed by atoms with van der Waals surface area (Å²) in [5, 5.41) is 4.17. The zero-order valence-electron chi connectivity index (χ0n) is 13.6. The Kier molecular flexibility index (Phi) is 5.60. The van der Waals surface area contributed by atoms with Crippen LogP contribution < -0.4 is 4.74 Å². The Morgan fingerprint density at radius 2 is 2.13 bits per heavy atom. The minimum absolute atomic E-state index is 0.681. The van der Waals surface area contributed by atoms with Crippen LogP contribution in [0.3, 0.4) is 0 Å². The van der Waals surface area contributed by atoms with Gasteiger partial charge in [-0.15, -0.1) is 0 Å². The molecule has 2 heterocycles. The van der Waals surface area contributed by atoms with Crippen molar-refractivity contribution in [3.63, 3.8) is 0 Å². The lowest BCUT2D eigenvalue weighted by Gasteiger charge is -2.26. The zero-order valence-corrected chi connectivity index (χ0v) is 13.6. The maximum Gasteiger partial charge on any atom is 0.137 e. The number of hydrogen-bond acceptors (Lipinski definition) is 5. The van der Waals surface area contributed by atoms with Crippen molar-refractivity contribution in [2.75, 3.05) is 40.0 Å². The predicted molar refractivity (Wildman–Crippen MR) is 87.7 cm³/mol. The SMILES string of the molecule is COc1ccc(CCCN2CCOCC2)cc1Cn1cncn1. The highest BCUT2D eigenvalue weighted by Gasteiger charge is 2.10. The second-order valence-corrected chi connectivity index (χ2v) is 5.80. The molecule has 0 saturated carbocycles. The van der Waals surface area contributed by atoms with E-state index in [9.17, 15) is 0 Å². The molecule has 0 amide bonds.